The van der Waals surface area contributed by atoms with Gasteiger partial charge in [0.1, 0.15) is 0 Å². The lowest BCUT2D eigenvalue weighted by Crippen LogP contribution is -2.50. The van der Waals surface area contributed by atoms with Crippen LogP contribution in [0.1, 0.15) is 70.1 Å². The lowest BCUT2D eigenvalue weighted by atomic mass is 9.65. The maximum atomic E-state index is 13.2. The fourth-order valence-corrected chi connectivity index (χ4v) is 5.29. The van der Waals surface area contributed by atoms with Gasteiger partial charge in [-0.2, -0.15) is 5.10 Å². The molecule has 30 heavy (non-hydrogen) atoms. The molecule has 7 heteroatoms. The summed E-state index contributed by atoms with van der Waals surface area (Å²) < 4.78 is 6.41. The smallest absolute Gasteiger partial charge is 0.226 e. The van der Waals surface area contributed by atoms with Crippen LogP contribution in [0, 0.1) is 11.3 Å². The summed E-state index contributed by atoms with van der Waals surface area (Å²) in [4.78, 5) is 15.5. The lowest BCUT2D eigenvalue weighted by molar-refractivity contribution is -0.141. The molecule has 7 nitrogen and oxygen atoms in total. The number of nitrogens with zero attached hydrogens (tertiary/aromatic N) is 2. The number of carbonyl (C=O) groups excluding carboxylic acids is 1. The predicted molar refractivity (Wildman–Crippen MR) is 119 cm³/mol. The summed E-state index contributed by atoms with van der Waals surface area (Å²) in [7, 11) is 4.12. The van der Waals surface area contributed by atoms with Crippen LogP contribution in [-0.2, 0) is 16.1 Å². The molecule has 3 atom stereocenters. The molecule has 0 radical (unpaired) electrons. The molecule has 2 fully saturated rings. The molecule has 1 amide bonds. The third kappa shape index (κ3) is 5.24. The number of aromatic amines is 1. The first-order valence-corrected chi connectivity index (χ1v) is 11.6. The van der Waals surface area contributed by atoms with Gasteiger partial charge in [-0.05, 0) is 51.6 Å². The van der Waals surface area contributed by atoms with Gasteiger partial charge in [-0.1, -0.05) is 20.8 Å². The highest BCUT2D eigenvalue weighted by atomic mass is 16.5. The Morgan fingerprint density at radius 1 is 1.40 bits per heavy atom. The van der Waals surface area contributed by atoms with Gasteiger partial charge in [0, 0.05) is 43.9 Å². The van der Waals surface area contributed by atoms with E-state index in [-0.39, 0.29) is 22.8 Å². The van der Waals surface area contributed by atoms with Gasteiger partial charge in [0.25, 0.3) is 0 Å². The first-order chi connectivity index (χ1) is 14.3. The highest BCUT2D eigenvalue weighted by Crippen LogP contribution is 2.53. The van der Waals surface area contributed by atoms with Crippen LogP contribution >= 0.6 is 0 Å². The fourth-order valence-electron chi connectivity index (χ4n) is 5.29. The molecule has 2 heterocycles. The first-order valence-electron chi connectivity index (χ1n) is 11.6. The van der Waals surface area contributed by atoms with Crippen molar-refractivity contribution in [3.8, 4) is 0 Å². The molecule has 170 valence electrons. The zero-order valence-corrected chi connectivity index (χ0v) is 19.5. The largest absolute Gasteiger partial charge is 0.374 e. The third-order valence-corrected chi connectivity index (χ3v) is 6.79. The van der Waals surface area contributed by atoms with E-state index in [4.69, 9.17) is 4.74 Å². The van der Waals surface area contributed by atoms with Crippen molar-refractivity contribution in [3.63, 3.8) is 0 Å². The molecule has 1 spiro atoms. The number of carbonyl (C=O) groups is 1. The molecule has 3 N–H and O–H groups in total. The number of hydrogen-bond acceptors (Lipinski definition) is 5. The van der Waals surface area contributed by atoms with E-state index in [1.165, 1.54) is 5.56 Å². The van der Waals surface area contributed by atoms with Crippen molar-refractivity contribution in [2.45, 2.75) is 70.9 Å². The van der Waals surface area contributed by atoms with Crippen molar-refractivity contribution in [1.82, 2.24) is 25.7 Å². The number of H-pyrrole nitrogens is 1. The van der Waals surface area contributed by atoms with Gasteiger partial charge in [-0.25, -0.2) is 0 Å². The Morgan fingerprint density at radius 3 is 2.87 bits per heavy atom. The van der Waals surface area contributed by atoms with Gasteiger partial charge >= 0.3 is 0 Å². The van der Waals surface area contributed by atoms with Crippen molar-refractivity contribution in [1.29, 1.82) is 0 Å². The summed E-state index contributed by atoms with van der Waals surface area (Å²) in [5, 5.41) is 14.1. The highest BCUT2D eigenvalue weighted by Gasteiger charge is 2.54. The van der Waals surface area contributed by atoms with E-state index in [9.17, 15) is 4.79 Å². The van der Waals surface area contributed by atoms with Gasteiger partial charge < -0.3 is 20.3 Å². The molecule has 0 bridgehead atoms. The van der Waals surface area contributed by atoms with Gasteiger partial charge in [0.05, 0.1) is 23.8 Å². The molecule has 1 unspecified atom stereocenters. The molecule has 1 aromatic rings. The van der Waals surface area contributed by atoms with E-state index in [0.717, 1.165) is 70.6 Å². The minimum Gasteiger partial charge on any atom is -0.374 e. The van der Waals surface area contributed by atoms with Gasteiger partial charge in [-0.15, -0.1) is 0 Å². The number of amides is 1. The summed E-state index contributed by atoms with van der Waals surface area (Å²) in [5.41, 5.74) is 2.18. The van der Waals surface area contributed by atoms with Crippen molar-refractivity contribution in [3.05, 3.63) is 17.5 Å². The number of ether oxygens (including phenoxy) is 1. The first kappa shape index (κ1) is 23.2. The maximum absolute atomic E-state index is 13.2. The monoisotopic (exact) mass is 419 g/mol. The van der Waals surface area contributed by atoms with Crippen LogP contribution in [-0.4, -0.2) is 66.9 Å². The van der Waals surface area contributed by atoms with Crippen LogP contribution in [0.15, 0.2) is 6.20 Å². The molecule has 1 aromatic heterocycles. The zero-order valence-electron chi connectivity index (χ0n) is 19.5. The van der Waals surface area contributed by atoms with E-state index >= 15 is 0 Å². The number of likely N-dealkylation sites (N-methyl/N-ethyl adjacent to an activating group) is 2. The van der Waals surface area contributed by atoms with Gasteiger partial charge in [0.2, 0.25) is 5.91 Å². The molecule has 3 rings (SSSR count). The zero-order chi connectivity index (χ0) is 21.8. The van der Waals surface area contributed by atoms with Crippen molar-refractivity contribution >= 4 is 5.91 Å². The average Bonchev–Trinajstić information content (AvgIpc) is 3.29. The average molecular weight is 420 g/mol. The van der Waals surface area contributed by atoms with E-state index in [0.29, 0.717) is 5.92 Å². The summed E-state index contributed by atoms with van der Waals surface area (Å²) in [5.74, 6) is 0.331. The summed E-state index contributed by atoms with van der Waals surface area (Å²) in [6, 6.07) is 0. The summed E-state index contributed by atoms with van der Waals surface area (Å²) in [6.45, 7) is 10.9. The van der Waals surface area contributed by atoms with Crippen molar-refractivity contribution in [2.75, 3.05) is 40.3 Å². The Bertz CT molecular complexity index is 704. The quantitative estimate of drug-likeness (QED) is 0.573. The second kappa shape index (κ2) is 9.79. The minimum atomic E-state index is -0.322. The van der Waals surface area contributed by atoms with Gasteiger partial charge in [-0.3, -0.25) is 9.89 Å². The number of aromatic nitrogens is 2. The standard InChI is InChI=1S/C23H41N5O2/c1-6-9-25-21(29)19-12-17(7-8-23(19)15-22(2,3)16-30-23)20-18(13-26-27-20)14-28(5)11-10-24-4/h13,17,19,24H,6-12,14-16H2,1-5H3,(H,25,29)(H,26,27)/t17-,19?,23-/m1/s1. The predicted octanol–water partition coefficient (Wildman–Crippen LogP) is 2.66. The number of rotatable bonds is 9. The molecule has 1 aliphatic carbocycles. The van der Waals surface area contributed by atoms with E-state index < -0.39 is 0 Å². The Hall–Kier alpha value is -1.44. The Morgan fingerprint density at radius 2 is 2.20 bits per heavy atom. The van der Waals surface area contributed by atoms with Crippen LogP contribution in [0.5, 0.6) is 0 Å². The summed E-state index contributed by atoms with van der Waals surface area (Å²) in [6.07, 6.45) is 6.68. The van der Waals surface area contributed by atoms with Crippen LogP contribution in [0.4, 0.5) is 0 Å². The normalized spacial score (nSPS) is 28.3. The van der Waals surface area contributed by atoms with Crippen LogP contribution in [0.25, 0.3) is 0 Å². The number of nitrogens with one attached hydrogen (secondary N) is 3. The van der Waals surface area contributed by atoms with Crippen molar-refractivity contribution in [2.24, 2.45) is 11.3 Å². The minimum absolute atomic E-state index is 0.115. The molecular weight excluding hydrogens is 378 g/mol. The molecular formula is C23H41N5O2. The van der Waals surface area contributed by atoms with Crippen LogP contribution in [0.3, 0.4) is 0 Å². The Labute approximate surface area is 181 Å². The van der Waals surface area contributed by atoms with E-state index in [2.05, 4.69) is 53.5 Å². The second-order valence-corrected chi connectivity index (χ2v) is 10.1. The van der Waals surface area contributed by atoms with E-state index in [1.54, 1.807) is 0 Å². The second-order valence-electron chi connectivity index (χ2n) is 10.1. The molecule has 0 aromatic carbocycles. The number of hydrogen-bond donors (Lipinski definition) is 3. The Balaban J connectivity index is 1.76. The molecule has 1 aliphatic heterocycles. The topological polar surface area (TPSA) is 82.3 Å². The highest BCUT2D eigenvalue weighted by molar-refractivity contribution is 5.80. The SMILES string of the molecule is CCCNC(=O)C1C[C@H](c2n[nH]cc2CN(C)CCNC)CC[C@@]12CC(C)(C)CO2. The van der Waals surface area contributed by atoms with Crippen LogP contribution in [0.2, 0.25) is 0 Å². The van der Waals surface area contributed by atoms with E-state index in [1.807, 2.05) is 13.2 Å². The van der Waals surface area contributed by atoms with Crippen molar-refractivity contribution < 1.29 is 9.53 Å². The van der Waals surface area contributed by atoms with Gasteiger partial charge in [0.15, 0.2) is 0 Å². The Kier molecular flexibility index (Phi) is 7.58. The third-order valence-electron chi connectivity index (χ3n) is 6.79. The lowest BCUT2D eigenvalue weighted by Gasteiger charge is -2.43. The fraction of sp³-hybridized carbons (Fsp3) is 0.826. The van der Waals surface area contributed by atoms with Crippen LogP contribution < -0.4 is 10.6 Å². The maximum Gasteiger partial charge on any atom is 0.226 e. The molecule has 1 saturated heterocycles. The molecule has 1 saturated carbocycles. The molecule has 2 aliphatic rings. The summed E-state index contributed by atoms with van der Waals surface area (Å²) >= 11 is 0.